The smallest absolute Gasteiger partial charge is 0.148 e. The maximum Gasteiger partial charge on any atom is 0.148 e. The molecule has 14 heavy (non-hydrogen) atoms. The number of rotatable bonds is 3. The van der Waals surface area contributed by atoms with E-state index in [0.717, 1.165) is 36.2 Å². The van der Waals surface area contributed by atoms with Crippen molar-refractivity contribution in [3.63, 3.8) is 0 Å². The van der Waals surface area contributed by atoms with Crippen LogP contribution in [0.2, 0.25) is 0 Å². The normalized spacial score (nSPS) is 22.9. The van der Waals surface area contributed by atoms with Gasteiger partial charge in [0.2, 0.25) is 0 Å². The van der Waals surface area contributed by atoms with Crippen LogP contribution in [0.4, 0.5) is 5.00 Å². The van der Waals surface area contributed by atoms with Crippen molar-refractivity contribution in [2.45, 2.75) is 19.9 Å². The maximum absolute atomic E-state index is 5.36. The van der Waals surface area contributed by atoms with Crippen molar-refractivity contribution in [2.75, 3.05) is 18.5 Å². The van der Waals surface area contributed by atoms with E-state index in [9.17, 15) is 0 Å². The standard InChI is InChI=1S/C8H15N5S/c1-6-2-3-13(4-6)5-7-8(10-9)14-12-11-7/h6,10H,2-5,9H2,1H3. The van der Waals surface area contributed by atoms with Gasteiger partial charge in [-0.3, -0.25) is 4.90 Å². The van der Waals surface area contributed by atoms with Crippen molar-refractivity contribution in [3.8, 4) is 0 Å². The van der Waals surface area contributed by atoms with Gasteiger partial charge in [0.15, 0.2) is 0 Å². The molecule has 1 aliphatic rings. The van der Waals surface area contributed by atoms with E-state index in [2.05, 4.69) is 26.8 Å². The first-order chi connectivity index (χ1) is 6.79. The molecule has 1 unspecified atom stereocenters. The third-order valence-electron chi connectivity index (χ3n) is 2.57. The molecule has 0 aromatic carbocycles. The number of aromatic nitrogens is 2. The lowest BCUT2D eigenvalue weighted by Gasteiger charge is -2.13. The van der Waals surface area contributed by atoms with Crippen molar-refractivity contribution in [1.29, 1.82) is 0 Å². The Kier molecular flexibility index (Phi) is 2.95. The number of nitrogens with one attached hydrogen (secondary N) is 1. The summed E-state index contributed by atoms with van der Waals surface area (Å²) in [5, 5.41) is 4.94. The van der Waals surface area contributed by atoms with E-state index < -0.39 is 0 Å². The van der Waals surface area contributed by atoms with Crippen LogP contribution in [-0.2, 0) is 6.54 Å². The molecule has 1 aliphatic heterocycles. The van der Waals surface area contributed by atoms with Crippen LogP contribution in [0.15, 0.2) is 0 Å². The van der Waals surface area contributed by atoms with Crippen LogP contribution >= 0.6 is 11.5 Å². The molecule has 2 rings (SSSR count). The Hall–Kier alpha value is -0.720. The zero-order valence-corrected chi connectivity index (χ0v) is 9.05. The molecule has 2 heterocycles. The first-order valence-electron chi connectivity index (χ1n) is 4.80. The Morgan fingerprint density at radius 3 is 3.21 bits per heavy atom. The fourth-order valence-corrected chi connectivity index (χ4v) is 2.29. The van der Waals surface area contributed by atoms with Crippen molar-refractivity contribution in [1.82, 2.24) is 14.5 Å². The molecule has 0 amide bonds. The molecule has 3 N–H and O–H groups in total. The molecule has 1 aromatic rings. The minimum absolute atomic E-state index is 0.802. The Labute approximate surface area is 87.4 Å². The van der Waals surface area contributed by atoms with Crippen LogP contribution in [0.25, 0.3) is 0 Å². The van der Waals surface area contributed by atoms with Crippen LogP contribution in [0.1, 0.15) is 19.0 Å². The topological polar surface area (TPSA) is 67.1 Å². The lowest BCUT2D eigenvalue weighted by molar-refractivity contribution is 0.316. The summed E-state index contributed by atoms with van der Waals surface area (Å²) in [4.78, 5) is 2.39. The molecule has 78 valence electrons. The Morgan fingerprint density at radius 1 is 1.71 bits per heavy atom. The van der Waals surface area contributed by atoms with Crippen molar-refractivity contribution in [2.24, 2.45) is 11.8 Å². The number of hydrazine groups is 1. The number of hydrogen-bond donors (Lipinski definition) is 2. The van der Waals surface area contributed by atoms with E-state index in [0.29, 0.717) is 0 Å². The van der Waals surface area contributed by atoms with Crippen LogP contribution < -0.4 is 11.3 Å². The van der Waals surface area contributed by atoms with E-state index in [-0.39, 0.29) is 0 Å². The number of nitrogens with two attached hydrogens (primary N) is 1. The van der Waals surface area contributed by atoms with Gasteiger partial charge >= 0.3 is 0 Å². The van der Waals surface area contributed by atoms with E-state index in [4.69, 9.17) is 5.84 Å². The summed E-state index contributed by atoms with van der Waals surface area (Å²) in [5.74, 6) is 6.16. The summed E-state index contributed by atoms with van der Waals surface area (Å²) >= 11 is 1.31. The molecule has 0 spiro atoms. The third kappa shape index (κ3) is 2.02. The summed E-state index contributed by atoms with van der Waals surface area (Å²) in [7, 11) is 0. The van der Waals surface area contributed by atoms with Crippen molar-refractivity contribution < 1.29 is 0 Å². The zero-order chi connectivity index (χ0) is 9.97. The molecule has 1 aromatic heterocycles. The predicted octanol–water partition coefficient (Wildman–Crippen LogP) is 0.665. The monoisotopic (exact) mass is 213 g/mol. The van der Waals surface area contributed by atoms with Gasteiger partial charge in [-0.05, 0) is 18.9 Å². The fraction of sp³-hybridized carbons (Fsp3) is 0.750. The highest BCUT2D eigenvalue weighted by Crippen LogP contribution is 2.22. The molecular weight excluding hydrogens is 198 g/mol. The molecule has 5 nitrogen and oxygen atoms in total. The van der Waals surface area contributed by atoms with Gasteiger partial charge in [0.1, 0.15) is 10.7 Å². The molecule has 6 heteroatoms. The van der Waals surface area contributed by atoms with Gasteiger partial charge < -0.3 is 5.43 Å². The van der Waals surface area contributed by atoms with Gasteiger partial charge in [-0.25, -0.2) is 5.84 Å². The number of anilines is 1. The lowest BCUT2D eigenvalue weighted by atomic mass is 10.2. The second-order valence-corrected chi connectivity index (χ2v) is 4.58. The quantitative estimate of drug-likeness (QED) is 0.570. The number of nitrogens with zero attached hydrogens (tertiary/aromatic N) is 3. The SMILES string of the molecule is CC1CCN(Cc2nnsc2NN)C1. The molecule has 0 radical (unpaired) electrons. The Balaban J connectivity index is 1.97. The minimum atomic E-state index is 0.802. The second kappa shape index (κ2) is 4.20. The summed E-state index contributed by atoms with van der Waals surface area (Å²) in [6.07, 6.45) is 1.28. The highest BCUT2D eigenvalue weighted by atomic mass is 32.1. The first-order valence-corrected chi connectivity index (χ1v) is 5.57. The average molecular weight is 213 g/mol. The van der Waals surface area contributed by atoms with Crippen molar-refractivity contribution in [3.05, 3.63) is 5.69 Å². The molecule has 0 bridgehead atoms. The molecular formula is C8H15N5S. The van der Waals surface area contributed by atoms with Crippen molar-refractivity contribution >= 4 is 16.5 Å². The van der Waals surface area contributed by atoms with Gasteiger partial charge in [0.25, 0.3) is 0 Å². The summed E-state index contributed by atoms with van der Waals surface area (Å²) < 4.78 is 3.88. The predicted molar refractivity (Wildman–Crippen MR) is 56.8 cm³/mol. The molecule has 0 saturated carbocycles. The van der Waals surface area contributed by atoms with E-state index in [1.165, 1.54) is 18.0 Å². The maximum atomic E-state index is 5.36. The number of likely N-dealkylation sites (tertiary alicyclic amines) is 1. The van der Waals surface area contributed by atoms with E-state index in [1.807, 2.05) is 0 Å². The third-order valence-corrected chi connectivity index (χ3v) is 3.27. The van der Waals surface area contributed by atoms with Gasteiger partial charge in [0.05, 0.1) is 0 Å². The van der Waals surface area contributed by atoms with Crippen LogP contribution in [-0.4, -0.2) is 27.6 Å². The largest absolute Gasteiger partial charge is 0.313 e. The molecule has 1 saturated heterocycles. The fourth-order valence-electron chi connectivity index (χ4n) is 1.80. The lowest BCUT2D eigenvalue weighted by Crippen LogP contribution is -2.21. The summed E-state index contributed by atoms with van der Waals surface area (Å²) in [5.41, 5.74) is 3.59. The Bertz CT molecular complexity index is 300. The van der Waals surface area contributed by atoms with Gasteiger partial charge in [-0.1, -0.05) is 11.4 Å². The minimum Gasteiger partial charge on any atom is -0.313 e. The number of hydrogen-bond acceptors (Lipinski definition) is 6. The zero-order valence-electron chi connectivity index (χ0n) is 8.23. The summed E-state index contributed by atoms with van der Waals surface area (Å²) in [6.45, 7) is 5.45. The highest BCUT2D eigenvalue weighted by molar-refractivity contribution is 7.10. The van der Waals surface area contributed by atoms with Crippen LogP contribution in [0.3, 0.4) is 0 Å². The van der Waals surface area contributed by atoms with Crippen LogP contribution in [0, 0.1) is 5.92 Å². The van der Waals surface area contributed by atoms with Gasteiger partial charge in [-0.15, -0.1) is 5.10 Å². The van der Waals surface area contributed by atoms with E-state index >= 15 is 0 Å². The molecule has 0 aliphatic carbocycles. The van der Waals surface area contributed by atoms with E-state index in [1.54, 1.807) is 0 Å². The highest BCUT2D eigenvalue weighted by Gasteiger charge is 2.20. The molecule has 1 fully saturated rings. The van der Waals surface area contributed by atoms with Gasteiger partial charge in [0, 0.05) is 24.6 Å². The Morgan fingerprint density at radius 2 is 2.57 bits per heavy atom. The number of nitrogen functional groups attached to an aromatic ring is 1. The van der Waals surface area contributed by atoms with Gasteiger partial charge in [-0.2, -0.15) is 0 Å². The second-order valence-electron chi connectivity index (χ2n) is 3.82. The average Bonchev–Trinajstić information content (AvgIpc) is 2.76. The summed E-state index contributed by atoms with van der Waals surface area (Å²) in [6, 6.07) is 0. The van der Waals surface area contributed by atoms with Crippen LogP contribution in [0.5, 0.6) is 0 Å². The first kappa shape index (κ1) is 9.82. The molecule has 1 atom stereocenters.